The number of aromatic nitrogens is 1. The summed E-state index contributed by atoms with van der Waals surface area (Å²) in [5.74, 6) is -0.116. The number of rotatable bonds is 7. The second kappa shape index (κ2) is 14.5. The molecule has 0 radical (unpaired) electrons. The fourth-order valence-corrected chi connectivity index (χ4v) is 7.16. The summed E-state index contributed by atoms with van der Waals surface area (Å²) in [7, 11) is 0. The van der Waals surface area contributed by atoms with Crippen LogP contribution >= 0.6 is 11.6 Å². The molecule has 0 spiro atoms. The number of nitrogen functional groups attached to an aromatic ring is 1. The Labute approximate surface area is 281 Å². The van der Waals surface area contributed by atoms with E-state index in [9.17, 15) is 14.4 Å². The number of piperazine rings is 1. The number of anilines is 3. The second-order valence-electron chi connectivity index (χ2n) is 12.5. The van der Waals surface area contributed by atoms with E-state index in [4.69, 9.17) is 17.3 Å². The molecule has 11 nitrogen and oxygen atoms in total. The molecule has 3 aliphatic heterocycles. The average Bonchev–Trinajstić information content (AvgIpc) is 3.27. The van der Waals surface area contributed by atoms with Gasteiger partial charge >= 0.3 is 12.1 Å². The maximum atomic E-state index is 14.0. The van der Waals surface area contributed by atoms with Crippen LogP contribution in [-0.2, 0) is 24.1 Å². The number of hydrogen-bond acceptors (Lipinski definition) is 6. The Hall–Kier alpha value is -4.51. The van der Waals surface area contributed by atoms with Crippen LogP contribution in [-0.4, -0.2) is 95.6 Å². The van der Waals surface area contributed by atoms with Crippen LogP contribution in [0.1, 0.15) is 36.5 Å². The molecule has 0 saturated carbocycles. The third kappa shape index (κ3) is 7.40. The standard InChI is InChI=1S/C35H43ClN8O3/c1-2-25-21-24(22-29(36)32(25)37)23-31(33(45)42-19-17-41(18-20-42)27-7-12-38-13-8-27)40-34(46)43-14-10-28(11-15-43)44-16-9-26-5-3-4-6-30(26)39-35(44)47/h3-8,12-13,21-22,28,31H,2,9-11,14-20,23,37H2,1H3,(H,39,47)(H,40,46)/t31-/m1/s1. The molecule has 3 aliphatic rings. The summed E-state index contributed by atoms with van der Waals surface area (Å²) in [4.78, 5) is 52.7. The zero-order chi connectivity index (χ0) is 32.9. The Morgan fingerprint density at radius 1 is 1.00 bits per heavy atom. The zero-order valence-corrected chi connectivity index (χ0v) is 27.6. The van der Waals surface area contributed by atoms with Crippen molar-refractivity contribution in [3.63, 3.8) is 0 Å². The first-order chi connectivity index (χ1) is 22.8. The topological polar surface area (TPSA) is 127 Å². The highest BCUT2D eigenvalue weighted by molar-refractivity contribution is 6.33. The molecular weight excluding hydrogens is 616 g/mol. The quantitative estimate of drug-likeness (QED) is 0.323. The molecule has 47 heavy (non-hydrogen) atoms. The Morgan fingerprint density at radius 3 is 2.45 bits per heavy atom. The lowest BCUT2D eigenvalue weighted by molar-refractivity contribution is -0.133. The summed E-state index contributed by atoms with van der Waals surface area (Å²) in [5, 5.41) is 6.58. The maximum absolute atomic E-state index is 14.0. The summed E-state index contributed by atoms with van der Waals surface area (Å²) < 4.78 is 0. The van der Waals surface area contributed by atoms with E-state index < -0.39 is 6.04 Å². The second-order valence-corrected chi connectivity index (χ2v) is 12.9. The van der Waals surface area contributed by atoms with Gasteiger partial charge in [-0.1, -0.05) is 42.8 Å². The van der Waals surface area contributed by atoms with Crippen LogP contribution in [0.5, 0.6) is 0 Å². The number of likely N-dealkylation sites (tertiary alicyclic amines) is 1. The number of carbonyl (C=O) groups excluding carboxylic acids is 3. The number of fused-ring (bicyclic) bond motifs is 1. The van der Waals surface area contributed by atoms with Crippen molar-refractivity contribution in [3.05, 3.63) is 82.6 Å². The summed E-state index contributed by atoms with van der Waals surface area (Å²) in [6.45, 7) is 6.09. The van der Waals surface area contributed by atoms with Crippen molar-refractivity contribution >= 4 is 46.6 Å². The minimum Gasteiger partial charge on any atom is -0.397 e. The maximum Gasteiger partial charge on any atom is 0.322 e. The van der Waals surface area contributed by atoms with Crippen molar-refractivity contribution in [2.24, 2.45) is 0 Å². The van der Waals surface area contributed by atoms with Gasteiger partial charge in [0.2, 0.25) is 5.91 Å². The SMILES string of the molecule is CCc1cc(C[C@@H](NC(=O)N2CCC(N3CCc4ccccc4NC3=O)CC2)C(=O)N2CCN(c3ccncc3)CC2)cc(Cl)c1N. The lowest BCUT2D eigenvalue weighted by Gasteiger charge is -2.39. The molecule has 2 saturated heterocycles. The number of carbonyl (C=O) groups is 3. The molecule has 3 aromatic rings. The number of aryl methyl sites for hydroxylation is 1. The summed E-state index contributed by atoms with van der Waals surface area (Å²) >= 11 is 6.48. The predicted molar refractivity (Wildman–Crippen MR) is 185 cm³/mol. The van der Waals surface area contributed by atoms with Crippen molar-refractivity contribution in [1.29, 1.82) is 0 Å². The van der Waals surface area contributed by atoms with Crippen LogP contribution in [0.25, 0.3) is 0 Å². The van der Waals surface area contributed by atoms with E-state index in [1.54, 1.807) is 23.4 Å². The van der Waals surface area contributed by atoms with Crippen molar-refractivity contribution in [3.8, 4) is 0 Å². The number of piperidine rings is 1. The molecule has 0 aliphatic carbocycles. The molecule has 248 valence electrons. The number of benzene rings is 2. The van der Waals surface area contributed by atoms with Crippen LogP contribution in [0, 0.1) is 0 Å². The third-order valence-electron chi connectivity index (χ3n) is 9.65. The van der Waals surface area contributed by atoms with Crippen LogP contribution in [0.3, 0.4) is 0 Å². The highest BCUT2D eigenvalue weighted by Crippen LogP contribution is 2.27. The van der Waals surface area contributed by atoms with Gasteiger partial charge in [-0.2, -0.15) is 0 Å². The Bertz CT molecular complexity index is 1590. The summed E-state index contributed by atoms with van der Waals surface area (Å²) in [6, 6.07) is 14.5. The molecule has 6 rings (SSSR count). The van der Waals surface area contributed by atoms with Crippen molar-refractivity contribution < 1.29 is 14.4 Å². The minimum absolute atomic E-state index is 0.0341. The van der Waals surface area contributed by atoms with Crippen LogP contribution in [0.4, 0.5) is 26.7 Å². The van der Waals surface area contributed by atoms with E-state index in [-0.39, 0.29) is 24.0 Å². The number of para-hydroxylation sites is 1. The fraction of sp³-hybridized carbons (Fsp3) is 0.429. The minimum atomic E-state index is -0.771. The largest absolute Gasteiger partial charge is 0.397 e. The van der Waals surface area contributed by atoms with E-state index in [1.165, 1.54) is 0 Å². The number of hydrogen-bond donors (Lipinski definition) is 3. The van der Waals surface area contributed by atoms with Gasteiger partial charge in [-0.25, -0.2) is 9.59 Å². The first kappa shape index (κ1) is 32.4. The highest BCUT2D eigenvalue weighted by atomic mass is 35.5. The predicted octanol–water partition coefficient (Wildman–Crippen LogP) is 4.40. The smallest absolute Gasteiger partial charge is 0.322 e. The van der Waals surface area contributed by atoms with E-state index in [1.807, 2.05) is 59.2 Å². The van der Waals surface area contributed by atoms with Gasteiger partial charge in [0, 0.05) is 82.0 Å². The molecule has 0 unspecified atom stereocenters. The summed E-state index contributed by atoms with van der Waals surface area (Å²) in [6.07, 6.45) is 6.66. The normalized spacial score (nSPS) is 17.9. The molecular formula is C35H43ClN8O3. The zero-order valence-electron chi connectivity index (χ0n) is 26.8. The van der Waals surface area contributed by atoms with E-state index in [0.717, 1.165) is 34.5 Å². The molecule has 2 aromatic carbocycles. The van der Waals surface area contributed by atoms with Gasteiger partial charge in [0.1, 0.15) is 6.04 Å². The molecule has 4 N–H and O–H groups in total. The monoisotopic (exact) mass is 658 g/mol. The van der Waals surface area contributed by atoms with Gasteiger partial charge in [-0.05, 0) is 66.6 Å². The lowest BCUT2D eigenvalue weighted by Crippen LogP contribution is -2.58. The Kier molecular flexibility index (Phi) is 10.0. The number of urea groups is 2. The van der Waals surface area contributed by atoms with Gasteiger partial charge in [0.05, 0.1) is 10.7 Å². The summed E-state index contributed by atoms with van der Waals surface area (Å²) in [5.41, 5.74) is 11.6. The van der Waals surface area contributed by atoms with Crippen molar-refractivity contribution in [2.45, 2.75) is 51.1 Å². The molecule has 1 atom stereocenters. The van der Waals surface area contributed by atoms with E-state index in [0.29, 0.717) is 82.2 Å². The lowest BCUT2D eigenvalue weighted by atomic mass is 9.99. The third-order valence-corrected chi connectivity index (χ3v) is 9.96. The van der Waals surface area contributed by atoms with Crippen molar-refractivity contribution in [1.82, 2.24) is 25.0 Å². The van der Waals surface area contributed by atoms with Crippen molar-refractivity contribution in [2.75, 3.05) is 61.8 Å². The molecule has 2 fully saturated rings. The van der Waals surface area contributed by atoms with E-state index >= 15 is 0 Å². The number of nitrogens with zero attached hydrogens (tertiary/aromatic N) is 5. The number of amides is 5. The number of nitrogens with one attached hydrogen (secondary N) is 2. The van der Waals surface area contributed by atoms with Gasteiger partial charge < -0.3 is 36.0 Å². The first-order valence-electron chi connectivity index (χ1n) is 16.5. The van der Waals surface area contributed by atoms with Gasteiger partial charge in [0.15, 0.2) is 0 Å². The number of pyridine rings is 1. The highest BCUT2D eigenvalue weighted by Gasteiger charge is 2.34. The Morgan fingerprint density at radius 2 is 1.72 bits per heavy atom. The van der Waals surface area contributed by atoms with Crippen LogP contribution in [0.15, 0.2) is 60.9 Å². The van der Waals surface area contributed by atoms with E-state index in [2.05, 4.69) is 20.5 Å². The molecule has 12 heteroatoms. The molecule has 4 heterocycles. The van der Waals surface area contributed by atoms with Crippen LogP contribution in [0.2, 0.25) is 5.02 Å². The Balaban J connectivity index is 1.11. The number of halogens is 1. The first-order valence-corrected chi connectivity index (χ1v) is 16.9. The van der Waals surface area contributed by atoms with Crippen LogP contribution < -0.4 is 21.3 Å². The van der Waals surface area contributed by atoms with Gasteiger partial charge in [0.25, 0.3) is 0 Å². The molecule has 5 amide bonds. The average molecular weight is 659 g/mol. The molecule has 0 bridgehead atoms. The fourth-order valence-electron chi connectivity index (χ4n) is 6.90. The van der Waals surface area contributed by atoms with Gasteiger partial charge in [-0.15, -0.1) is 0 Å². The molecule has 1 aromatic heterocycles. The number of nitrogens with two attached hydrogens (primary N) is 1. The van der Waals surface area contributed by atoms with Gasteiger partial charge in [-0.3, -0.25) is 9.78 Å².